The van der Waals surface area contributed by atoms with Crippen LogP contribution in [0.4, 0.5) is 19.3 Å². The van der Waals surface area contributed by atoms with Crippen molar-refractivity contribution in [2.75, 3.05) is 12.0 Å². The van der Waals surface area contributed by atoms with Gasteiger partial charge in [0.15, 0.2) is 0 Å². The van der Waals surface area contributed by atoms with Crippen molar-refractivity contribution in [3.63, 3.8) is 0 Å². The van der Waals surface area contributed by atoms with Gasteiger partial charge in [0.25, 0.3) is 0 Å². The summed E-state index contributed by atoms with van der Waals surface area (Å²) < 4.78 is 35.1. The Hall–Kier alpha value is -2.26. The lowest BCUT2D eigenvalue weighted by atomic mass is 10.1. The van der Waals surface area contributed by atoms with E-state index in [0.29, 0.717) is 16.3 Å². The number of aryl methyl sites for hydroxylation is 1. The Kier molecular flexibility index (Phi) is 6.27. The lowest BCUT2D eigenvalue weighted by Gasteiger charge is -2.11. The van der Waals surface area contributed by atoms with Gasteiger partial charge in [-0.25, -0.2) is 14.9 Å². The number of hydrogen-bond donors (Lipinski definition) is 2. The molecular weight excluding hydrogens is 381 g/mol. The predicted molar refractivity (Wildman–Crippen MR) is 89.1 cm³/mol. The van der Waals surface area contributed by atoms with E-state index in [0.717, 1.165) is 4.68 Å². The second-order valence-corrected chi connectivity index (χ2v) is 5.42. The van der Waals surface area contributed by atoms with Crippen molar-refractivity contribution in [3.05, 3.63) is 28.2 Å². The Balaban J connectivity index is 2.29. The van der Waals surface area contributed by atoms with E-state index in [-0.39, 0.29) is 23.2 Å². The summed E-state index contributed by atoms with van der Waals surface area (Å²) in [4.78, 5) is 11.3. The monoisotopic (exact) mass is 394 g/mol. The third-order valence-corrected chi connectivity index (χ3v) is 3.63. The van der Waals surface area contributed by atoms with Gasteiger partial charge in [-0.05, 0) is 19.1 Å². The van der Waals surface area contributed by atoms with Gasteiger partial charge in [-0.3, -0.25) is 5.43 Å². The molecule has 7 nitrogen and oxygen atoms in total. The number of alkyl halides is 2. The number of benzene rings is 1. The smallest absolute Gasteiger partial charge is 0.425 e. The minimum absolute atomic E-state index is 0.0746. The number of nitrogens with one attached hydrogen (secondary N) is 2. The standard InChI is InChI=1S/C14H14Cl2F2N4O3/c1-3-24-14(23)20-19-9-6-7(4-5-8(9)15)11-10(16)12(22(2)21-11)25-13(17)18/h4-6,13,19H,3H2,1-2H3,(H,20,23). The summed E-state index contributed by atoms with van der Waals surface area (Å²) in [7, 11) is 1.42. The quantitative estimate of drug-likeness (QED) is 0.722. The van der Waals surface area contributed by atoms with Crippen molar-refractivity contribution < 1.29 is 23.0 Å². The van der Waals surface area contributed by atoms with Crippen LogP contribution in [0.2, 0.25) is 10.0 Å². The number of carbonyl (C=O) groups is 1. The van der Waals surface area contributed by atoms with Gasteiger partial charge in [0.1, 0.15) is 10.7 Å². The molecule has 0 aliphatic heterocycles. The van der Waals surface area contributed by atoms with Crippen LogP contribution in [0.25, 0.3) is 11.3 Å². The zero-order valence-electron chi connectivity index (χ0n) is 13.1. The molecule has 0 radical (unpaired) electrons. The molecule has 11 heteroatoms. The molecule has 1 aromatic heterocycles. The molecule has 2 N–H and O–H groups in total. The van der Waals surface area contributed by atoms with Crippen LogP contribution in [-0.2, 0) is 11.8 Å². The fraction of sp³-hybridized carbons (Fsp3) is 0.286. The van der Waals surface area contributed by atoms with Crippen molar-refractivity contribution >= 4 is 35.0 Å². The third-order valence-electron chi connectivity index (χ3n) is 2.95. The highest BCUT2D eigenvalue weighted by Crippen LogP contribution is 2.37. The van der Waals surface area contributed by atoms with Gasteiger partial charge >= 0.3 is 12.7 Å². The lowest BCUT2D eigenvalue weighted by molar-refractivity contribution is -0.0552. The molecule has 1 amide bonds. The van der Waals surface area contributed by atoms with Gasteiger partial charge in [0, 0.05) is 12.6 Å². The highest BCUT2D eigenvalue weighted by atomic mass is 35.5. The molecule has 2 rings (SSSR count). The second-order valence-electron chi connectivity index (χ2n) is 4.63. The maximum Gasteiger partial charge on any atom is 0.425 e. The molecule has 0 aliphatic carbocycles. The maximum absolute atomic E-state index is 12.4. The molecule has 0 aliphatic rings. The number of hydrazine groups is 1. The first-order valence-electron chi connectivity index (χ1n) is 6.99. The highest BCUT2D eigenvalue weighted by Gasteiger charge is 2.20. The fourth-order valence-electron chi connectivity index (χ4n) is 1.93. The number of aromatic nitrogens is 2. The van der Waals surface area contributed by atoms with E-state index >= 15 is 0 Å². The molecule has 0 bridgehead atoms. The number of nitrogens with zero attached hydrogens (tertiary/aromatic N) is 2. The molecule has 0 atom stereocenters. The highest BCUT2D eigenvalue weighted by molar-refractivity contribution is 6.35. The average molecular weight is 395 g/mol. The molecule has 0 fully saturated rings. The van der Waals surface area contributed by atoms with Gasteiger partial charge in [0.05, 0.1) is 17.3 Å². The van der Waals surface area contributed by atoms with Crippen LogP contribution in [0.1, 0.15) is 6.92 Å². The fourth-order valence-corrected chi connectivity index (χ4v) is 2.41. The van der Waals surface area contributed by atoms with Crippen LogP contribution >= 0.6 is 23.2 Å². The maximum atomic E-state index is 12.4. The summed E-state index contributed by atoms with van der Waals surface area (Å²) >= 11 is 12.1. The number of halogens is 4. The Labute approximate surface area is 151 Å². The van der Waals surface area contributed by atoms with E-state index < -0.39 is 12.7 Å². The molecule has 0 unspecified atom stereocenters. The van der Waals surface area contributed by atoms with E-state index in [2.05, 4.69) is 20.7 Å². The normalized spacial score (nSPS) is 10.7. The first-order chi connectivity index (χ1) is 11.8. The number of anilines is 1. The Morgan fingerprint density at radius 1 is 1.40 bits per heavy atom. The van der Waals surface area contributed by atoms with Gasteiger partial charge in [-0.2, -0.15) is 13.9 Å². The van der Waals surface area contributed by atoms with Crippen LogP contribution in [0, 0.1) is 0 Å². The SMILES string of the molecule is CCOC(=O)NNc1cc(-c2nn(C)c(OC(F)F)c2Cl)ccc1Cl. The van der Waals surface area contributed by atoms with Crippen LogP contribution in [0.15, 0.2) is 18.2 Å². The van der Waals surface area contributed by atoms with Crippen molar-refractivity contribution in [1.82, 2.24) is 15.2 Å². The lowest BCUT2D eigenvalue weighted by Crippen LogP contribution is -2.30. The largest absolute Gasteiger partial charge is 0.449 e. The van der Waals surface area contributed by atoms with E-state index in [1.807, 2.05) is 0 Å². The van der Waals surface area contributed by atoms with Gasteiger partial charge in [-0.15, -0.1) is 0 Å². The van der Waals surface area contributed by atoms with Crippen LogP contribution in [-0.4, -0.2) is 29.1 Å². The molecule has 0 saturated heterocycles. The third kappa shape index (κ3) is 4.64. The van der Waals surface area contributed by atoms with Crippen molar-refractivity contribution in [3.8, 4) is 17.1 Å². The average Bonchev–Trinajstić information content (AvgIpc) is 2.82. The first-order valence-corrected chi connectivity index (χ1v) is 7.75. The van der Waals surface area contributed by atoms with Crippen LogP contribution in [0.5, 0.6) is 5.88 Å². The van der Waals surface area contributed by atoms with Gasteiger partial charge < -0.3 is 9.47 Å². The summed E-state index contributed by atoms with van der Waals surface area (Å²) in [6.07, 6.45) is -0.688. The number of carbonyl (C=O) groups excluding carboxylic acids is 1. The summed E-state index contributed by atoms with van der Waals surface area (Å²) in [5, 5.41) is 4.30. The minimum atomic E-state index is -3.03. The summed E-state index contributed by atoms with van der Waals surface area (Å²) in [5.41, 5.74) is 5.92. The zero-order chi connectivity index (χ0) is 18.6. The molecule has 25 heavy (non-hydrogen) atoms. The molecule has 0 spiro atoms. The van der Waals surface area contributed by atoms with Crippen molar-refractivity contribution in [2.45, 2.75) is 13.5 Å². The van der Waals surface area contributed by atoms with Gasteiger partial charge in [-0.1, -0.05) is 29.3 Å². The van der Waals surface area contributed by atoms with E-state index in [1.54, 1.807) is 13.0 Å². The number of ether oxygens (including phenoxy) is 2. The summed E-state index contributed by atoms with van der Waals surface area (Å²) in [6.45, 7) is -1.16. The topological polar surface area (TPSA) is 77.4 Å². The minimum Gasteiger partial charge on any atom is -0.449 e. The Morgan fingerprint density at radius 2 is 2.12 bits per heavy atom. The zero-order valence-corrected chi connectivity index (χ0v) is 14.7. The number of rotatable bonds is 6. The van der Waals surface area contributed by atoms with E-state index in [4.69, 9.17) is 27.9 Å². The molecule has 1 heterocycles. The summed E-state index contributed by atoms with van der Waals surface area (Å²) in [6, 6.07) is 4.66. The Morgan fingerprint density at radius 3 is 2.76 bits per heavy atom. The molecule has 1 aromatic carbocycles. The number of amides is 1. The molecule has 136 valence electrons. The first kappa shape index (κ1) is 19.1. The molecule has 2 aromatic rings. The summed E-state index contributed by atoms with van der Waals surface area (Å²) in [5.74, 6) is -0.263. The number of hydrogen-bond acceptors (Lipinski definition) is 5. The van der Waals surface area contributed by atoms with Crippen molar-refractivity contribution in [1.29, 1.82) is 0 Å². The van der Waals surface area contributed by atoms with Crippen LogP contribution < -0.4 is 15.6 Å². The van der Waals surface area contributed by atoms with Crippen molar-refractivity contribution in [2.24, 2.45) is 7.05 Å². The van der Waals surface area contributed by atoms with E-state index in [9.17, 15) is 13.6 Å². The Bertz CT molecular complexity index is 771. The van der Waals surface area contributed by atoms with Crippen LogP contribution in [0.3, 0.4) is 0 Å². The predicted octanol–water partition coefficient (Wildman–Crippen LogP) is 4.07. The second kappa shape index (κ2) is 8.21. The van der Waals surface area contributed by atoms with Gasteiger partial charge in [0.2, 0.25) is 5.88 Å². The van der Waals surface area contributed by atoms with E-state index in [1.165, 1.54) is 19.2 Å². The molecular formula is C14H14Cl2F2N4O3. The molecule has 0 saturated carbocycles.